The summed E-state index contributed by atoms with van der Waals surface area (Å²) in [6.45, 7) is 5.43. The van der Waals surface area contributed by atoms with Crippen molar-refractivity contribution in [3.63, 3.8) is 0 Å². The van der Waals surface area contributed by atoms with Gasteiger partial charge in [-0.1, -0.05) is 0 Å². The summed E-state index contributed by atoms with van der Waals surface area (Å²) in [5.74, 6) is 2.08. The summed E-state index contributed by atoms with van der Waals surface area (Å²) in [6.07, 6.45) is 7.72. The summed E-state index contributed by atoms with van der Waals surface area (Å²) in [7, 11) is 1.77. The van der Waals surface area contributed by atoms with Crippen LogP contribution in [0.5, 0.6) is 5.75 Å². The van der Waals surface area contributed by atoms with Crippen molar-refractivity contribution in [1.82, 2.24) is 19.9 Å². The van der Waals surface area contributed by atoms with Crippen LogP contribution in [-0.4, -0.2) is 72.5 Å². The molecule has 0 radical (unpaired) electrons. The van der Waals surface area contributed by atoms with Crippen molar-refractivity contribution in [3.05, 3.63) is 60.0 Å². The molecule has 36 heavy (non-hydrogen) atoms. The first-order valence-corrected chi connectivity index (χ1v) is 12.7. The van der Waals surface area contributed by atoms with Crippen LogP contribution in [0.15, 0.2) is 48.8 Å². The monoisotopic (exact) mass is 490 g/mol. The first kappa shape index (κ1) is 24.4. The molecule has 3 aromatic rings. The van der Waals surface area contributed by atoms with Gasteiger partial charge in [-0.2, -0.15) is 4.98 Å². The number of hydrogen-bond acceptors (Lipinski definition) is 9. The fourth-order valence-electron chi connectivity index (χ4n) is 4.56. The van der Waals surface area contributed by atoms with Gasteiger partial charge in [-0.15, -0.1) is 0 Å². The van der Waals surface area contributed by atoms with Gasteiger partial charge in [0.25, 0.3) is 0 Å². The number of nitrogens with zero attached hydrogens (tertiary/aromatic N) is 4. The third-order valence-corrected chi connectivity index (χ3v) is 6.57. The molecule has 1 atom stereocenters. The topological polar surface area (TPSA) is 93.7 Å². The lowest BCUT2D eigenvalue weighted by atomic mass is 9.93. The Morgan fingerprint density at radius 2 is 1.92 bits per heavy atom. The standard InChI is InChI=1S/C27H34N6O3/c1-34-24-7-8-25-20(18-24)17-22(19-29-25)30-26-9-10-28-27(32-26)31-21-3-5-23(6-4-21)36-14-2-11-33-12-15-35-16-13-33/h3-6,9-10,17,19,24H,2,7-8,11-16,18H2,1H3,(H2,28,30,31,32). The van der Waals surface area contributed by atoms with Crippen LogP contribution in [0.3, 0.4) is 0 Å². The fraction of sp³-hybridized carbons (Fsp3) is 0.444. The lowest BCUT2D eigenvalue weighted by Crippen LogP contribution is -2.37. The Bertz CT molecular complexity index is 1120. The van der Waals surface area contributed by atoms with Crippen LogP contribution in [0.1, 0.15) is 24.1 Å². The SMILES string of the molecule is COC1CCc2ncc(Nc3ccnc(Nc4ccc(OCCCN5CCOCC5)cc4)n3)cc2C1. The van der Waals surface area contributed by atoms with Crippen LogP contribution in [0.2, 0.25) is 0 Å². The van der Waals surface area contributed by atoms with Crippen molar-refractivity contribution >= 4 is 23.1 Å². The molecule has 2 aliphatic rings. The Morgan fingerprint density at radius 3 is 2.75 bits per heavy atom. The van der Waals surface area contributed by atoms with Gasteiger partial charge in [0.1, 0.15) is 11.6 Å². The van der Waals surface area contributed by atoms with Gasteiger partial charge >= 0.3 is 0 Å². The van der Waals surface area contributed by atoms with E-state index in [4.69, 9.17) is 14.2 Å². The Balaban J connectivity index is 1.12. The van der Waals surface area contributed by atoms with Crippen molar-refractivity contribution in [2.45, 2.75) is 31.8 Å². The van der Waals surface area contributed by atoms with E-state index in [-0.39, 0.29) is 6.10 Å². The Labute approximate surface area is 212 Å². The molecule has 3 heterocycles. The highest BCUT2D eigenvalue weighted by molar-refractivity contribution is 5.60. The molecule has 0 bridgehead atoms. The van der Waals surface area contributed by atoms with Crippen molar-refractivity contribution in [1.29, 1.82) is 0 Å². The minimum absolute atomic E-state index is 0.260. The number of morpholine rings is 1. The predicted octanol–water partition coefficient (Wildman–Crippen LogP) is 3.96. The number of methoxy groups -OCH3 is 1. The minimum atomic E-state index is 0.260. The summed E-state index contributed by atoms with van der Waals surface area (Å²) in [4.78, 5) is 16.0. The Hall–Kier alpha value is -3.27. The molecule has 1 aliphatic carbocycles. The second kappa shape index (κ2) is 12.1. The van der Waals surface area contributed by atoms with Crippen molar-refractivity contribution < 1.29 is 14.2 Å². The Morgan fingerprint density at radius 1 is 1.06 bits per heavy atom. The molecule has 0 amide bonds. The highest BCUT2D eigenvalue weighted by atomic mass is 16.5. The zero-order chi connectivity index (χ0) is 24.6. The highest BCUT2D eigenvalue weighted by Crippen LogP contribution is 2.25. The number of nitrogens with one attached hydrogen (secondary N) is 2. The van der Waals surface area contributed by atoms with Crippen LogP contribution in [0.4, 0.5) is 23.1 Å². The molecule has 190 valence electrons. The number of anilines is 4. The van der Waals surface area contributed by atoms with Gasteiger partial charge < -0.3 is 24.8 Å². The molecule has 1 unspecified atom stereocenters. The third-order valence-electron chi connectivity index (χ3n) is 6.57. The van der Waals surface area contributed by atoms with E-state index in [9.17, 15) is 0 Å². The summed E-state index contributed by atoms with van der Waals surface area (Å²) >= 11 is 0. The molecule has 1 saturated heterocycles. The summed E-state index contributed by atoms with van der Waals surface area (Å²) in [5, 5.41) is 6.61. The molecule has 1 aromatic carbocycles. The zero-order valence-electron chi connectivity index (χ0n) is 20.8. The van der Waals surface area contributed by atoms with E-state index in [2.05, 4.69) is 36.6 Å². The van der Waals surface area contributed by atoms with E-state index in [1.165, 1.54) is 5.56 Å². The molecule has 9 heteroatoms. The number of benzene rings is 1. The zero-order valence-corrected chi connectivity index (χ0v) is 20.8. The van der Waals surface area contributed by atoms with Crippen LogP contribution in [-0.2, 0) is 22.3 Å². The normalized spacial score (nSPS) is 17.9. The van der Waals surface area contributed by atoms with Gasteiger partial charge in [0.15, 0.2) is 0 Å². The average molecular weight is 491 g/mol. The van der Waals surface area contributed by atoms with Crippen LogP contribution in [0, 0.1) is 0 Å². The molecular formula is C27H34N6O3. The highest BCUT2D eigenvalue weighted by Gasteiger charge is 2.19. The largest absolute Gasteiger partial charge is 0.494 e. The molecule has 2 aromatic heterocycles. The van der Waals surface area contributed by atoms with Crippen molar-refractivity contribution in [3.8, 4) is 5.75 Å². The van der Waals surface area contributed by atoms with Gasteiger partial charge in [0, 0.05) is 50.7 Å². The first-order valence-electron chi connectivity index (χ1n) is 12.7. The first-order chi connectivity index (χ1) is 17.7. The number of aryl methyl sites for hydroxylation is 1. The average Bonchev–Trinajstić information content (AvgIpc) is 2.92. The van der Waals surface area contributed by atoms with Crippen LogP contribution in [0.25, 0.3) is 0 Å². The molecule has 2 N–H and O–H groups in total. The Kier molecular flexibility index (Phi) is 8.22. The van der Waals surface area contributed by atoms with Gasteiger partial charge in [0.05, 0.1) is 37.8 Å². The van der Waals surface area contributed by atoms with Gasteiger partial charge in [0.2, 0.25) is 5.95 Å². The lowest BCUT2D eigenvalue weighted by molar-refractivity contribution is 0.0358. The summed E-state index contributed by atoms with van der Waals surface area (Å²) in [5.41, 5.74) is 4.19. The van der Waals surface area contributed by atoms with E-state index in [0.29, 0.717) is 18.4 Å². The molecular weight excluding hydrogens is 456 g/mol. The second-order valence-electron chi connectivity index (χ2n) is 9.13. The maximum atomic E-state index is 5.90. The molecule has 5 rings (SSSR count). The van der Waals surface area contributed by atoms with Crippen molar-refractivity contribution in [2.75, 3.05) is 57.2 Å². The maximum absolute atomic E-state index is 5.90. The van der Waals surface area contributed by atoms with Gasteiger partial charge in [-0.25, -0.2) is 4.98 Å². The maximum Gasteiger partial charge on any atom is 0.229 e. The smallest absolute Gasteiger partial charge is 0.229 e. The van der Waals surface area contributed by atoms with Gasteiger partial charge in [-0.3, -0.25) is 9.88 Å². The van der Waals surface area contributed by atoms with E-state index >= 15 is 0 Å². The minimum Gasteiger partial charge on any atom is -0.494 e. The number of fused-ring (bicyclic) bond motifs is 1. The number of hydrogen-bond donors (Lipinski definition) is 2. The summed E-state index contributed by atoms with van der Waals surface area (Å²) < 4.78 is 16.8. The second-order valence-corrected chi connectivity index (χ2v) is 9.13. The third kappa shape index (κ3) is 6.69. The molecule has 9 nitrogen and oxygen atoms in total. The van der Waals surface area contributed by atoms with Gasteiger partial charge in [-0.05, 0) is 61.2 Å². The van der Waals surface area contributed by atoms with E-state index < -0.39 is 0 Å². The molecule has 0 saturated carbocycles. The van der Waals surface area contributed by atoms with E-state index in [0.717, 1.165) is 81.3 Å². The van der Waals surface area contributed by atoms with Crippen LogP contribution >= 0.6 is 0 Å². The van der Waals surface area contributed by atoms with Crippen molar-refractivity contribution in [2.24, 2.45) is 0 Å². The van der Waals surface area contributed by atoms with Crippen LogP contribution < -0.4 is 15.4 Å². The number of ether oxygens (including phenoxy) is 3. The summed E-state index contributed by atoms with van der Waals surface area (Å²) in [6, 6.07) is 11.9. The quantitative estimate of drug-likeness (QED) is 0.410. The number of pyridine rings is 1. The predicted molar refractivity (Wildman–Crippen MR) is 139 cm³/mol. The van der Waals surface area contributed by atoms with E-state index in [1.54, 1.807) is 13.3 Å². The molecule has 1 fully saturated rings. The molecule has 1 aliphatic heterocycles. The van der Waals surface area contributed by atoms with E-state index in [1.807, 2.05) is 36.5 Å². The number of aromatic nitrogens is 3. The number of rotatable bonds is 10. The fourth-order valence-corrected chi connectivity index (χ4v) is 4.56. The molecule has 0 spiro atoms. The lowest BCUT2D eigenvalue weighted by Gasteiger charge is -2.26.